The van der Waals surface area contributed by atoms with Crippen LogP contribution in [0.1, 0.15) is 23.7 Å². The summed E-state index contributed by atoms with van der Waals surface area (Å²) in [6.07, 6.45) is 2.05. The molecule has 0 saturated heterocycles. The standard InChI is InChI=1S/C10H14ClN3O/c1-6(2-3-12)9(15)8-4-7(11)5-14-10(8)13/h4-6H,2-3,12H2,1H3,(H2,13,14). The molecule has 0 amide bonds. The number of hydrogen-bond acceptors (Lipinski definition) is 4. The van der Waals surface area contributed by atoms with Crippen molar-refractivity contribution in [2.75, 3.05) is 12.3 Å². The number of aromatic nitrogens is 1. The SMILES string of the molecule is CC(CCN)C(=O)c1cc(Cl)cnc1N. The molecule has 0 fully saturated rings. The monoisotopic (exact) mass is 227 g/mol. The Labute approximate surface area is 93.6 Å². The quantitative estimate of drug-likeness (QED) is 0.764. The molecule has 15 heavy (non-hydrogen) atoms. The van der Waals surface area contributed by atoms with Crippen LogP contribution in [0.15, 0.2) is 12.3 Å². The van der Waals surface area contributed by atoms with Gasteiger partial charge in [-0.25, -0.2) is 4.98 Å². The Hall–Kier alpha value is -1.13. The van der Waals surface area contributed by atoms with Gasteiger partial charge in [0.1, 0.15) is 5.82 Å². The number of ketones is 1. The van der Waals surface area contributed by atoms with Gasteiger partial charge in [-0.15, -0.1) is 0 Å². The fourth-order valence-electron chi connectivity index (χ4n) is 1.29. The lowest BCUT2D eigenvalue weighted by molar-refractivity contribution is 0.0926. The van der Waals surface area contributed by atoms with Crippen molar-refractivity contribution in [2.45, 2.75) is 13.3 Å². The van der Waals surface area contributed by atoms with E-state index in [1.807, 2.05) is 6.92 Å². The van der Waals surface area contributed by atoms with E-state index in [9.17, 15) is 4.79 Å². The lowest BCUT2D eigenvalue weighted by Gasteiger charge is -2.10. The van der Waals surface area contributed by atoms with Gasteiger partial charge in [-0.3, -0.25) is 4.79 Å². The van der Waals surface area contributed by atoms with E-state index in [2.05, 4.69) is 4.98 Å². The molecule has 1 aromatic rings. The van der Waals surface area contributed by atoms with Gasteiger partial charge < -0.3 is 11.5 Å². The summed E-state index contributed by atoms with van der Waals surface area (Å²) >= 11 is 5.75. The second-order valence-electron chi connectivity index (χ2n) is 3.43. The summed E-state index contributed by atoms with van der Waals surface area (Å²) < 4.78 is 0. The Kier molecular flexibility index (Phi) is 4.05. The van der Waals surface area contributed by atoms with Crippen molar-refractivity contribution >= 4 is 23.2 Å². The third-order valence-electron chi connectivity index (χ3n) is 2.20. The predicted molar refractivity (Wildman–Crippen MR) is 60.8 cm³/mol. The molecule has 5 heteroatoms. The van der Waals surface area contributed by atoms with Crippen molar-refractivity contribution in [3.05, 3.63) is 22.8 Å². The van der Waals surface area contributed by atoms with Gasteiger partial charge >= 0.3 is 0 Å². The summed E-state index contributed by atoms with van der Waals surface area (Å²) in [5.74, 6) is -0.00112. The number of carbonyl (C=O) groups is 1. The van der Waals surface area contributed by atoms with Crippen molar-refractivity contribution in [1.82, 2.24) is 4.98 Å². The lowest BCUT2D eigenvalue weighted by atomic mass is 9.97. The molecule has 1 unspecified atom stereocenters. The van der Waals surface area contributed by atoms with Crippen LogP contribution in [0.5, 0.6) is 0 Å². The van der Waals surface area contributed by atoms with Crippen molar-refractivity contribution in [1.29, 1.82) is 0 Å². The molecule has 0 aromatic carbocycles. The minimum absolute atomic E-state index is 0.0621. The maximum absolute atomic E-state index is 11.9. The van der Waals surface area contributed by atoms with E-state index in [0.717, 1.165) is 0 Å². The first-order valence-electron chi connectivity index (χ1n) is 4.71. The van der Waals surface area contributed by atoms with E-state index in [4.69, 9.17) is 23.1 Å². The molecule has 0 saturated carbocycles. The summed E-state index contributed by atoms with van der Waals surface area (Å²) in [7, 11) is 0. The van der Waals surface area contributed by atoms with Crippen LogP contribution in [0.3, 0.4) is 0 Å². The molecule has 1 rings (SSSR count). The molecule has 1 aromatic heterocycles. The van der Waals surface area contributed by atoms with Crippen LogP contribution >= 0.6 is 11.6 Å². The molecule has 0 spiro atoms. The molecule has 4 nitrogen and oxygen atoms in total. The molecular formula is C10H14ClN3O. The average Bonchev–Trinajstić information content (AvgIpc) is 2.21. The number of rotatable bonds is 4. The molecule has 4 N–H and O–H groups in total. The molecular weight excluding hydrogens is 214 g/mol. The van der Waals surface area contributed by atoms with E-state index in [1.54, 1.807) is 6.07 Å². The number of Topliss-reactive ketones (excluding diaryl/α,β-unsaturated/α-hetero) is 1. The summed E-state index contributed by atoms with van der Waals surface area (Å²) in [4.78, 5) is 15.7. The smallest absolute Gasteiger partial charge is 0.169 e. The first-order valence-corrected chi connectivity index (χ1v) is 5.09. The number of pyridine rings is 1. The minimum atomic E-state index is -0.155. The van der Waals surface area contributed by atoms with Crippen LogP contribution in [0.25, 0.3) is 0 Å². The highest BCUT2D eigenvalue weighted by Gasteiger charge is 2.17. The Morgan fingerprint density at radius 1 is 1.67 bits per heavy atom. The third-order valence-corrected chi connectivity index (χ3v) is 2.40. The highest BCUT2D eigenvalue weighted by Crippen LogP contribution is 2.19. The minimum Gasteiger partial charge on any atom is -0.383 e. The zero-order valence-electron chi connectivity index (χ0n) is 8.53. The van der Waals surface area contributed by atoms with E-state index < -0.39 is 0 Å². The Morgan fingerprint density at radius 2 is 2.33 bits per heavy atom. The molecule has 82 valence electrons. The van der Waals surface area contributed by atoms with Gasteiger partial charge in [-0.05, 0) is 19.0 Å². The Morgan fingerprint density at radius 3 is 2.93 bits per heavy atom. The highest BCUT2D eigenvalue weighted by atomic mass is 35.5. The van der Waals surface area contributed by atoms with Crippen LogP contribution < -0.4 is 11.5 Å². The number of hydrogen-bond donors (Lipinski definition) is 2. The Balaban J connectivity index is 2.95. The van der Waals surface area contributed by atoms with Crippen LogP contribution in [-0.4, -0.2) is 17.3 Å². The van der Waals surface area contributed by atoms with E-state index in [0.29, 0.717) is 23.6 Å². The maximum Gasteiger partial charge on any atom is 0.169 e. The first kappa shape index (κ1) is 11.9. The second-order valence-corrected chi connectivity index (χ2v) is 3.87. The fourth-order valence-corrected chi connectivity index (χ4v) is 1.45. The summed E-state index contributed by atoms with van der Waals surface area (Å²) in [6, 6.07) is 1.54. The van der Waals surface area contributed by atoms with Gasteiger partial charge in [-0.1, -0.05) is 18.5 Å². The largest absolute Gasteiger partial charge is 0.383 e. The van der Waals surface area contributed by atoms with Crippen molar-refractivity contribution in [3.63, 3.8) is 0 Å². The number of nitrogens with two attached hydrogens (primary N) is 2. The van der Waals surface area contributed by atoms with E-state index >= 15 is 0 Å². The van der Waals surface area contributed by atoms with Crippen LogP contribution in [0.4, 0.5) is 5.82 Å². The normalized spacial score (nSPS) is 12.5. The van der Waals surface area contributed by atoms with Crippen molar-refractivity contribution in [3.8, 4) is 0 Å². The summed E-state index contributed by atoms with van der Waals surface area (Å²) in [5.41, 5.74) is 11.4. The number of carbonyl (C=O) groups excluding carboxylic acids is 1. The number of anilines is 1. The summed E-state index contributed by atoms with van der Waals surface area (Å²) in [5, 5.41) is 0.410. The van der Waals surface area contributed by atoms with Crippen LogP contribution in [-0.2, 0) is 0 Å². The van der Waals surface area contributed by atoms with Gasteiger partial charge in [0, 0.05) is 12.1 Å². The van der Waals surface area contributed by atoms with Crippen LogP contribution in [0.2, 0.25) is 5.02 Å². The van der Waals surface area contributed by atoms with Crippen molar-refractivity contribution < 1.29 is 4.79 Å². The number of nitrogens with zero attached hydrogens (tertiary/aromatic N) is 1. The summed E-state index contributed by atoms with van der Waals surface area (Å²) in [6.45, 7) is 2.29. The number of nitrogen functional groups attached to an aromatic ring is 1. The lowest BCUT2D eigenvalue weighted by Crippen LogP contribution is -2.17. The molecule has 0 aliphatic heterocycles. The predicted octanol–water partition coefficient (Wildman–Crippen LogP) is 1.48. The van der Waals surface area contributed by atoms with Gasteiger partial charge in [-0.2, -0.15) is 0 Å². The van der Waals surface area contributed by atoms with Gasteiger partial charge in [0.25, 0.3) is 0 Å². The highest BCUT2D eigenvalue weighted by molar-refractivity contribution is 6.31. The van der Waals surface area contributed by atoms with Crippen molar-refractivity contribution in [2.24, 2.45) is 11.7 Å². The molecule has 0 bridgehead atoms. The van der Waals surface area contributed by atoms with Gasteiger partial charge in [0.05, 0.1) is 10.6 Å². The maximum atomic E-state index is 11.9. The first-order chi connectivity index (χ1) is 7.06. The fraction of sp³-hybridized carbons (Fsp3) is 0.400. The molecule has 1 atom stereocenters. The zero-order chi connectivity index (χ0) is 11.4. The molecule has 0 aliphatic carbocycles. The second kappa shape index (κ2) is 5.09. The topological polar surface area (TPSA) is 82.0 Å². The zero-order valence-corrected chi connectivity index (χ0v) is 9.29. The third kappa shape index (κ3) is 2.91. The average molecular weight is 228 g/mol. The number of halogens is 1. The van der Waals surface area contributed by atoms with E-state index in [1.165, 1.54) is 6.20 Å². The molecule has 0 radical (unpaired) electrons. The van der Waals surface area contributed by atoms with Gasteiger partial charge in [0.2, 0.25) is 0 Å². The van der Waals surface area contributed by atoms with Crippen LogP contribution in [0, 0.1) is 5.92 Å². The molecule has 1 heterocycles. The molecule has 0 aliphatic rings. The van der Waals surface area contributed by atoms with E-state index in [-0.39, 0.29) is 17.5 Å². The Bertz CT molecular complexity index is 368. The van der Waals surface area contributed by atoms with Gasteiger partial charge in [0.15, 0.2) is 5.78 Å².